The molecule has 0 spiro atoms. The van der Waals surface area contributed by atoms with Crippen LogP contribution in [0.2, 0.25) is 0 Å². The van der Waals surface area contributed by atoms with E-state index in [0.29, 0.717) is 0 Å². The van der Waals surface area contributed by atoms with Crippen LogP contribution >= 0.6 is 0 Å². The molecule has 0 saturated carbocycles. The second-order valence-electron chi connectivity index (χ2n) is 2.76. The summed E-state index contributed by atoms with van der Waals surface area (Å²) >= 11 is 0. The molecular formula is C9H7NO6. The number of rotatable bonds is 5. The highest BCUT2D eigenvalue weighted by atomic mass is 16.6. The van der Waals surface area contributed by atoms with E-state index >= 15 is 0 Å². The molecule has 1 rings (SSSR count). The third-order valence-electron chi connectivity index (χ3n) is 1.68. The van der Waals surface area contributed by atoms with Crippen molar-refractivity contribution in [3.8, 4) is 5.75 Å². The highest BCUT2D eigenvalue weighted by Crippen LogP contribution is 2.18. The molecule has 0 heterocycles. The Balaban J connectivity index is 2.78. The van der Waals surface area contributed by atoms with Gasteiger partial charge in [0.25, 0.3) is 5.69 Å². The summed E-state index contributed by atoms with van der Waals surface area (Å²) in [6, 6.07) is 4.74. The minimum Gasteiger partial charge on any atom is -0.478 e. The topological polar surface area (TPSA) is 107 Å². The van der Waals surface area contributed by atoms with Crippen LogP contribution in [-0.4, -0.2) is 28.4 Å². The molecule has 0 saturated heterocycles. The number of carbonyl (C=O) groups excluding carboxylic acids is 1. The van der Waals surface area contributed by atoms with Gasteiger partial charge in [-0.3, -0.25) is 14.9 Å². The van der Waals surface area contributed by atoms with Crippen molar-refractivity contribution < 1.29 is 24.4 Å². The lowest BCUT2D eigenvalue weighted by Crippen LogP contribution is -2.28. The van der Waals surface area contributed by atoms with Crippen molar-refractivity contribution in [3.05, 3.63) is 34.4 Å². The van der Waals surface area contributed by atoms with E-state index in [4.69, 9.17) is 9.84 Å². The largest absolute Gasteiger partial charge is 0.478 e. The first-order chi connectivity index (χ1) is 7.54. The fourth-order valence-electron chi connectivity index (χ4n) is 0.929. The van der Waals surface area contributed by atoms with Gasteiger partial charge in [-0.25, -0.2) is 4.79 Å². The number of nitrogens with zero attached hydrogens (tertiary/aromatic N) is 1. The van der Waals surface area contributed by atoms with E-state index in [1.807, 2.05) is 0 Å². The number of nitro groups is 1. The van der Waals surface area contributed by atoms with E-state index in [9.17, 15) is 19.7 Å². The van der Waals surface area contributed by atoms with Gasteiger partial charge in [0.2, 0.25) is 6.10 Å². The van der Waals surface area contributed by atoms with Crippen molar-refractivity contribution in [1.82, 2.24) is 0 Å². The molecule has 0 aliphatic rings. The number of hydrogen-bond donors (Lipinski definition) is 1. The number of carbonyl (C=O) groups is 2. The third kappa shape index (κ3) is 2.77. The molecule has 0 bridgehead atoms. The number of non-ortho nitro benzene ring substituents is 1. The van der Waals surface area contributed by atoms with Crippen LogP contribution in [0.15, 0.2) is 24.3 Å². The average molecular weight is 225 g/mol. The Bertz CT molecular complexity index is 413. The summed E-state index contributed by atoms with van der Waals surface area (Å²) in [6.07, 6.45) is -1.48. The van der Waals surface area contributed by atoms with E-state index in [2.05, 4.69) is 0 Å². The molecule has 1 unspecified atom stereocenters. The Morgan fingerprint density at radius 1 is 1.44 bits per heavy atom. The van der Waals surface area contributed by atoms with Crippen LogP contribution < -0.4 is 4.74 Å². The van der Waals surface area contributed by atoms with Crippen LogP contribution in [0.1, 0.15) is 0 Å². The van der Waals surface area contributed by atoms with Crippen LogP contribution in [0, 0.1) is 10.1 Å². The Kier molecular flexibility index (Phi) is 3.54. The highest BCUT2D eigenvalue weighted by Gasteiger charge is 2.18. The van der Waals surface area contributed by atoms with Crippen molar-refractivity contribution in [3.63, 3.8) is 0 Å². The van der Waals surface area contributed by atoms with Gasteiger partial charge >= 0.3 is 5.97 Å². The van der Waals surface area contributed by atoms with E-state index < -0.39 is 17.0 Å². The molecule has 1 atom stereocenters. The van der Waals surface area contributed by atoms with E-state index in [-0.39, 0.29) is 17.7 Å². The summed E-state index contributed by atoms with van der Waals surface area (Å²) in [5.41, 5.74) is -0.148. The van der Waals surface area contributed by atoms with Gasteiger partial charge in [0.15, 0.2) is 6.29 Å². The molecule has 1 N–H and O–H groups in total. The van der Waals surface area contributed by atoms with Gasteiger partial charge in [-0.1, -0.05) is 0 Å². The van der Waals surface area contributed by atoms with Gasteiger partial charge in [-0.05, 0) is 12.1 Å². The summed E-state index contributed by atoms with van der Waals surface area (Å²) in [6.45, 7) is 0. The maximum absolute atomic E-state index is 10.4. The predicted molar refractivity (Wildman–Crippen MR) is 51.2 cm³/mol. The average Bonchev–Trinajstić information content (AvgIpc) is 2.26. The summed E-state index contributed by atoms with van der Waals surface area (Å²) in [5.74, 6) is -1.35. The highest BCUT2D eigenvalue weighted by molar-refractivity contribution is 5.89. The van der Waals surface area contributed by atoms with E-state index in [1.54, 1.807) is 0 Å². The third-order valence-corrected chi connectivity index (χ3v) is 1.68. The maximum atomic E-state index is 10.4. The smallest absolute Gasteiger partial charge is 0.352 e. The first-order valence-corrected chi connectivity index (χ1v) is 4.14. The van der Waals surface area contributed by atoms with E-state index in [0.717, 1.165) is 12.1 Å². The normalized spacial score (nSPS) is 11.5. The molecule has 1 aromatic carbocycles. The lowest BCUT2D eigenvalue weighted by atomic mass is 10.3. The van der Waals surface area contributed by atoms with E-state index in [1.165, 1.54) is 12.1 Å². The first kappa shape index (κ1) is 11.6. The van der Waals surface area contributed by atoms with Crippen molar-refractivity contribution in [1.29, 1.82) is 0 Å². The van der Waals surface area contributed by atoms with Crippen molar-refractivity contribution in [2.75, 3.05) is 0 Å². The number of carboxylic acid groups (broad SMARTS) is 1. The minimum absolute atomic E-state index is 0.0742. The Morgan fingerprint density at radius 2 is 2.00 bits per heavy atom. The number of benzene rings is 1. The van der Waals surface area contributed by atoms with Crippen molar-refractivity contribution in [2.24, 2.45) is 0 Å². The van der Waals surface area contributed by atoms with Crippen molar-refractivity contribution >= 4 is 17.9 Å². The first-order valence-electron chi connectivity index (χ1n) is 4.14. The van der Waals surface area contributed by atoms with Gasteiger partial charge in [0.1, 0.15) is 5.75 Å². The second kappa shape index (κ2) is 4.87. The standard InChI is InChI=1S/C9H7NO6/c11-5-8(9(12)13)16-7-3-1-6(2-4-7)10(14)15/h1-5,8H,(H,12,13). The molecule has 0 aliphatic carbocycles. The molecule has 7 nitrogen and oxygen atoms in total. The summed E-state index contributed by atoms with van der Waals surface area (Å²) in [4.78, 5) is 30.5. The van der Waals surface area contributed by atoms with Gasteiger partial charge in [0, 0.05) is 12.1 Å². The zero-order valence-corrected chi connectivity index (χ0v) is 7.90. The van der Waals surface area contributed by atoms with Crippen LogP contribution in [0.5, 0.6) is 5.75 Å². The van der Waals surface area contributed by atoms with Crippen LogP contribution in [0.25, 0.3) is 0 Å². The molecule has 0 amide bonds. The predicted octanol–water partition coefficient (Wildman–Crippen LogP) is 0.626. The monoisotopic (exact) mass is 225 g/mol. The molecule has 16 heavy (non-hydrogen) atoms. The SMILES string of the molecule is O=CC(Oc1ccc([N+](=O)[O-])cc1)C(=O)O. The second-order valence-corrected chi connectivity index (χ2v) is 2.76. The molecule has 1 aromatic rings. The quantitative estimate of drug-likeness (QED) is 0.340. The van der Waals surface area contributed by atoms with Crippen LogP contribution in [0.3, 0.4) is 0 Å². The molecule has 0 fully saturated rings. The number of carboxylic acids is 1. The molecule has 0 aromatic heterocycles. The zero-order chi connectivity index (χ0) is 12.1. The Labute approximate surface area is 89.4 Å². The summed E-state index contributed by atoms with van der Waals surface area (Å²) in [7, 11) is 0. The molecular weight excluding hydrogens is 218 g/mol. The fraction of sp³-hybridized carbons (Fsp3) is 0.111. The number of ether oxygens (including phenoxy) is 1. The van der Waals surface area contributed by atoms with Gasteiger partial charge in [0.05, 0.1) is 4.92 Å². The number of aldehydes is 1. The molecule has 84 valence electrons. The Hall–Kier alpha value is -2.44. The summed E-state index contributed by atoms with van der Waals surface area (Å²) < 4.78 is 4.77. The summed E-state index contributed by atoms with van der Waals surface area (Å²) in [5, 5.41) is 18.8. The molecule has 7 heteroatoms. The maximum Gasteiger partial charge on any atom is 0.352 e. The number of nitro benzene ring substituents is 1. The van der Waals surface area contributed by atoms with Gasteiger partial charge in [-0.15, -0.1) is 0 Å². The number of hydrogen-bond acceptors (Lipinski definition) is 5. The Morgan fingerprint density at radius 3 is 2.38 bits per heavy atom. The zero-order valence-electron chi connectivity index (χ0n) is 7.90. The van der Waals surface area contributed by atoms with Crippen molar-refractivity contribution in [2.45, 2.75) is 6.10 Å². The lowest BCUT2D eigenvalue weighted by molar-refractivity contribution is -0.384. The number of aliphatic carboxylic acids is 1. The van der Waals surface area contributed by atoms with Crippen LogP contribution in [-0.2, 0) is 9.59 Å². The molecule has 0 radical (unpaired) electrons. The fourth-order valence-corrected chi connectivity index (χ4v) is 0.929. The lowest BCUT2D eigenvalue weighted by Gasteiger charge is -2.08. The minimum atomic E-state index is -1.61. The van der Waals surface area contributed by atoms with Gasteiger partial charge < -0.3 is 9.84 Å². The molecule has 0 aliphatic heterocycles. The van der Waals surface area contributed by atoms with Crippen LogP contribution in [0.4, 0.5) is 5.69 Å². The van der Waals surface area contributed by atoms with Gasteiger partial charge in [-0.2, -0.15) is 0 Å².